The molecule has 3 aromatic rings. The molecule has 1 amide bonds. The third-order valence-corrected chi connectivity index (χ3v) is 7.84. The van der Waals surface area contributed by atoms with Gasteiger partial charge in [0.2, 0.25) is 20.9 Å². The van der Waals surface area contributed by atoms with Crippen LogP contribution in [0.2, 0.25) is 0 Å². The molecule has 1 atom stereocenters. The van der Waals surface area contributed by atoms with Crippen LogP contribution in [0.15, 0.2) is 66.0 Å². The molecular weight excluding hydrogens is 481 g/mol. The van der Waals surface area contributed by atoms with Crippen LogP contribution in [0.4, 0.5) is 4.39 Å². The number of ether oxygens (including phenoxy) is 1. The number of sulfone groups is 1. The van der Waals surface area contributed by atoms with Crippen LogP contribution in [0.3, 0.4) is 0 Å². The highest BCUT2D eigenvalue weighted by Crippen LogP contribution is 2.22. The lowest BCUT2D eigenvalue weighted by molar-refractivity contribution is -0.136. The van der Waals surface area contributed by atoms with E-state index in [4.69, 9.17) is 4.74 Å². The highest BCUT2D eigenvalue weighted by atomic mass is 32.2. The van der Waals surface area contributed by atoms with Crippen molar-refractivity contribution in [1.82, 2.24) is 14.5 Å². The van der Waals surface area contributed by atoms with Gasteiger partial charge in [-0.05, 0) is 36.1 Å². The van der Waals surface area contributed by atoms with Gasteiger partial charge in [-0.1, -0.05) is 56.3 Å². The second-order valence-corrected chi connectivity index (χ2v) is 11.4. The summed E-state index contributed by atoms with van der Waals surface area (Å²) in [6, 6.07) is 14.9. The van der Waals surface area contributed by atoms with Crippen LogP contribution in [-0.2, 0) is 38.2 Å². The lowest BCUT2D eigenvalue weighted by Crippen LogP contribution is -2.39. The normalized spacial score (nSPS) is 15.9. The van der Waals surface area contributed by atoms with E-state index in [1.807, 2.05) is 44.2 Å². The first-order valence-electron chi connectivity index (χ1n) is 12.2. The van der Waals surface area contributed by atoms with Crippen LogP contribution in [0.25, 0.3) is 0 Å². The van der Waals surface area contributed by atoms with Crippen molar-refractivity contribution in [1.29, 1.82) is 0 Å². The van der Waals surface area contributed by atoms with Gasteiger partial charge < -0.3 is 14.2 Å². The minimum atomic E-state index is -3.85. The SMILES string of the molecule is CC(C)C(=O)N(Cc1cnc(S(=O)(=O)Cc2ccc(F)cc2)n1Cc1ccccc1)C[C@@H]1CCCO1. The Bertz CT molecular complexity index is 1270. The molecule has 1 saturated heterocycles. The lowest BCUT2D eigenvalue weighted by atomic mass is 10.1. The molecule has 9 heteroatoms. The van der Waals surface area contributed by atoms with Gasteiger partial charge >= 0.3 is 0 Å². The van der Waals surface area contributed by atoms with Crippen molar-refractivity contribution >= 4 is 15.7 Å². The molecule has 192 valence electrons. The maximum Gasteiger partial charge on any atom is 0.228 e. The van der Waals surface area contributed by atoms with E-state index in [1.165, 1.54) is 30.5 Å². The summed E-state index contributed by atoms with van der Waals surface area (Å²) < 4.78 is 47.7. The zero-order valence-electron chi connectivity index (χ0n) is 20.6. The molecule has 0 bridgehead atoms. The van der Waals surface area contributed by atoms with Crippen molar-refractivity contribution in [2.24, 2.45) is 5.92 Å². The van der Waals surface area contributed by atoms with Crippen molar-refractivity contribution in [3.8, 4) is 0 Å². The molecule has 0 unspecified atom stereocenters. The third-order valence-electron chi connectivity index (χ3n) is 6.24. The average molecular weight is 514 g/mol. The van der Waals surface area contributed by atoms with E-state index in [2.05, 4.69) is 4.98 Å². The Labute approximate surface area is 211 Å². The van der Waals surface area contributed by atoms with Gasteiger partial charge in [0.1, 0.15) is 5.82 Å². The lowest BCUT2D eigenvalue weighted by Gasteiger charge is -2.27. The zero-order chi connectivity index (χ0) is 25.7. The fourth-order valence-electron chi connectivity index (χ4n) is 4.39. The molecule has 1 aromatic heterocycles. The minimum Gasteiger partial charge on any atom is -0.376 e. The number of halogens is 1. The first-order valence-corrected chi connectivity index (χ1v) is 13.8. The van der Waals surface area contributed by atoms with Crippen molar-refractivity contribution < 1.29 is 22.3 Å². The molecular formula is C27H32FN3O4S. The second kappa shape index (κ2) is 11.3. The van der Waals surface area contributed by atoms with Crippen LogP contribution in [0, 0.1) is 11.7 Å². The Morgan fingerprint density at radius 1 is 1.14 bits per heavy atom. The zero-order valence-corrected chi connectivity index (χ0v) is 21.5. The fourth-order valence-corrected chi connectivity index (χ4v) is 5.88. The van der Waals surface area contributed by atoms with Crippen LogP contribution in [0.5, 0.6) is 0 Å². The molecule has 0 saturated carbocycles. The first kappa shape index (κ1) is 26.0. The predicted octanol–water partition coefficient (Wildman–Crippen LogP) is 4.21. The molecule has 2 heterocycles. The van der Waals surface area contributed by atoms with Gasteiger partial charge in [-0.15, -0.1) is 0 Å². The molecule has 1 fully saturated rings. The molecule has 1 aliphatic heterocycles. The van der Waals surface area contributed by atoms with Gasteiger partial charge in [-0.2, -0.15) is 0 Å². The average Bonchev–Trinajstić information content (AvgIpc) is 3.51. The highest BCUT2D eigenvalue weighted by Gasteiger charge is 2.28. The van der Waals surface area contributed by atoms with Crippen molar-refractivity contribution in [2.45, 2.75) is 56.8 Å². The molecule has 36 heavy (non-hydrogen) atoms. The maximum atomic E-state index is 13.4. The second-order valence-electron chi connectivity index (χ2n) is 9.50. The van der Waals surface area contributed by atoms with Gasteiger partial charge in [0.15, 0.2) is 0 Å². The number of amides is 1. The number of carbonyl (C=O) groups excluding carboxylic acids is 1. The van der Waals surface area contributed by atoms with E-state index in [0.29, 0.717) is 24.4 Å². The Morgan fingerprint density at radius 3 is 2.50 bits per heavy atom. The monoisotopic (exact) mass is 513 g/mol. The van der Waals surface area contributed by atoms with Crippen LogP contribution >= 0.6 is 0 Å². The fraction of sp³-hybridized carbons (Fsp3) is 0.407. The topological polar surface area (TPSA) is 81.5 Å². The molecule has 2 aromatic carbocycles. The summed E-state index contributed by atoms with van der Waals surface area (Å²) in [5, 5.41) is -0.0697. The summed E-state index contributed by atoms with van der Waals surface area (Å²) in [5.74, 6) is -0.958. The number of rotatable bonds is 10. The number of nitrogens with zero attached hydrogens (tertiary/aromatic N) is 3. The van der Waals surface area contributed by atoms with E-state index in [9.17, 15) is 17.6 Å². The Morgan fingerprint density at radius 2 is 1.86 bits per heavy atom. The standard InChI is InChI=1S/C27H32FN3O4S/c1-20(2)26(32)30(18-25-9-6-14-35-25)17-24-15-29-27(31(24)16-21-7-4-3-5-8-21)36(33,34)19-22-10-12-23(28)13-11-22/h3-5,7-8,10-13,15,20,25H,6,9,14,16-19H2,1-2H3/t25-/m0/s1. The quantitative estimate of drug-likeness (QED) is 0.406. The molecule has 0 spiro atoms. The smallest absolute Gasteiger partial charge is 0.228 e. The number of imidazole rings is 1. The van der Waals surface area contributed by atoms with Crippen molar-refractivity contribution in [3.63, 3.8) is 0 Å². The number of aromatic nitrogens is 2. The Kier molecular flexibility index (Phi) is 8.21. The molecule has 0 N–H and O–H groups in total. The molecule has 7 nitrogen and oxygen atoms in total. The van der Waals surface area contributed by atoms with Crippen LogP contribution in [0.1, 0.15) is 43.5 Å². The van der Waals surface area contributed by atoms with Gasteiger partial charge in [-0.3, -0.25) is 4.79 Å². The van der Waals surface area contributed by atoms with Crippen molar-refractivity contribution in [3.05, 3.63) is 83.4 Å². The minimum absolute atomic E-state index is 0.0197. The van der Waals surface area contributed by atoms with Crippen molar-refractivity contribution in [2.75, 3.05) is 13.2 Å². The van der Waals surface area contributed by atoms with Crippen LogP contribution < -0.4 is 0 Å². The van der Waals surface area contributed by atoms with E-state index in [-0.39, 0.29) is 41.9 Å². The number of hydrogen-bond donors (Lipinski definition) is 0. The largest absolute Gasteiger partial charge is 0.376 e. The molecule has 0 radical (unpaired) electrons. The van der Waals surface area contributed by atoms with E-state index in [1.54, 1.807) is 9.47 Å². The summed E-state index contributed by atoms with van der Waals surface area (Å²) in [7, 11) is -3.85. The van der Waals surface area contributed by atoms with E-state index < -0.39 is 15.7 Å². The van der Waals surface area contributed by atoms with Crippen LogP contribution in [-0.4, -0.2) is 48.0 Å². The van der Waals surface area contributed by atoms with E-state index >= 15 is 0 Å². The predicted molar refractivity (Wildman–Crippen MR) is 134 cm³/mol. The number of benzene rings is 2. The number of hydrogen-bond acceptors (Lipinski definition) is 5. The summed E-state index contributed by atoms with van der Waals surface area (Å²) >= 11 is 0. The van der Waals surface area contributed by atoms with E-state index in [0.717, 1.165) is 18.4 Å². The maximum absolute atomic E-state index is 13.4. The molecule has 4 rings (SSSR count). The molecule has 0 aliphatic carbocycles. The first-order chi connectivity index (χ1) is 17.2. The summed E-state index contributed by atoms with van der Waals surface area (Å²) in [6.45, 7) is 5.35. The summed E-state index contributed by atoms with van der Waals surface area (Å²) in [6.07, 6.45) is 3.37. The van der Waals surface area contributed by atoms with Gasteiger partial charge in [0.25, 0.3) is 0 Å². The Balaban J connectivity index is 1.68. The van der Waals surface area contributed by atoms with Gasteiger partial charge in [-0.25, -0.2) is 17.8 Å². The van der Waals surface area contributed by atoms with Gasteiger partial charge in [0.05, 0.1) is 36.8 Å². The highest BCUT2D eigenvalue weighted by molar-refractivity contribution is 7.90. The summed E-state index contributed by atoms with van der Waals surface area (Å²) in [5.41, 5.74) is 2.02. The Hall–Kier alpha value is -3.04. The third kappa shape index (κ3) is 6.39. The number of carbonyl (C=O) groups is 1. The van der Waals surface area contributed by atoms with Gasteiger partial charge in [0, 0.05) is 19.1 Å². The summed E-state index contributed by atoms with van der Waals surface area (Å²) in [4.78, 5) is 19.1. The molecule has 1 aliphatic rings.